The smallest absolute Gasteiger partial charge is 0.331 e. The van der Waals surface area contributed by atoms with E-state index in [0.717, 1.165) is 22.6 Å². The third-order valence-corrected chi connectivity index (χ3v) is 3.64. The van der Waals surface area contributed by atoms with Gasteiger partial charge in [0.2, 0.25) is 5.89 Å². The fourth-order valence-corrected chi connectivity index (χ4v) is 2.44. The van der Waals surface area contributed by atoms with Crippen LogP contribution in [0.4, 0.5) is 0 Å². The Bertz CT molecular complexity index is 910. The lowest BCUT2D eigenvalue weighted by molar-refractivity contribution is -0.139. The van der Waals surface area contributed by atoms with E-state index >= 15 is 0 Å². The van der Waals surface area contributed by atoms with E-state index in [9.17, 15) is 4.79 Å². The molecule has 0 aliphatic rings. The summed E-state index contributed by atoms with van der Waals surface area (Å²) in [7, 11) is 0. The maximum atomic E-state index is 11.9. The van der Waals surface area contributed by atoms with Crippen LogP contribution in [-0.2, 0) is 16.1 Å². The number of esters is 1. The van der Waals surface area contributed by atoms with E-state index in [2.05, 4.69) is 15.3 Å². The van der Waals surface area contributed by atoms with Crippen molar-refractivity contribution < 1.29 is 13.9 Å². The molecule has 25 heavy (non-hydrogen) atoms. The molecule has 0 aliphatic heterocycles. The summed E-state index contributed by atoms with van der Waals surface area (Å²) in [5.74, 6) is 0.215. The summed E-state index contributed by atoms with van der Waals surface area (Å²) in [6.45, 7) is 5.48. The number of carbonyl (C=O) groups excluding carboxylic acids is 1. The molecule has 0 radical (unpaired) electrons. The van der Waals surface area contributed by atoms with Gasteiger partial charge in [0.15, 0.2) is 6.61 Å². The van der Waals surface area contributed by atoms with Gasteiger partial charge in [-0.15, -0.1) is 10.2 Å². The molecule has 0 fully saturated rings. The molecule has 0 spiro atoms. The van der Waals surface area contributed by atoms with Crippen LogP contribution in [0.3, 0.4) is 0 Å². The van der Waals surface area contributed by atoms with Crippen LogP contribution < -0.4 is 0 Å². The molecule has 0 amide bonds. The molecule has 7 heteroatoms. The van der Waals surface area contributed by atoms with Crippen molar-refractivity contribution in [3.63, 3.8) is 0 Å². The van der Waals surface area contributed by atoms with Crippen molar-refractivity contribution in [1.29, 1.82) is 0 Å². The molecule has 0 atom stereocenters. The number of rotatable bonds is 5. The maximum Gasteiger partial charge on any atom is 0.331 e. The van der Waals surface area contributed by atoms with E-state index in [1.54, 1.807) is 13.0 Å². The zero-order valence-corrected chi connectivity index (χ0v) is 14.3. The molecule has 0 unspecified atom stereocenters. The molecule has 7 nitrogen and oxygen atoms in total. The summed E-state index contributed by atoms with van der Waals surface area (Å²) in [6.07, 6.45) is 3.08. The Labute approximate surface area is 144 Å². The second-order valence-electron chi connectivity index (χ2n) is 5.49. The van der Waals surface area contributed by atoms with E-state index in [4.69, 9.17) is 9.15 Å². The minimum Gasteiger partial charge on any atom is -0.452 e. The number of aryl methyl sites for hydroxylation is 2. The van der Waals surface area contributed by atoms with Crippen molar-refractivity contribution in [3.8, 4) is 5.69 Å². The van der Waals surface area contributed by atoms with Crippen molar-refractivity contribution >= 4 is 12.0 Å². The fraction of sp³-hybridized carbons (Fsp3) is 0.222. The van der Waals surface area contributed by atoms with Gasteiger partial charge < -0.3 is 9.15 Å². The third kappa shape index (κ3) is 3.82. The van der Waals surface area contributed by atoms with E-state index in [-0.39, 0.29) is 12.5 Å². The lowest BCUT2D eigenvalue weighted by Gasteiger charge is -2.03. The molecule has 2 heterocycles. The van der Waals surface area contributed by atoms with Gasteiger partial charge in [0.05, 0.1) is 11.4 Å². The molecular weight excluding hydrogens is 320 g/mol. The fourth-order valence-electron chi connectivity index (χ4n) is 2.44. The van der Waals surface area contributed by atoms with Crippen molar-refractivity contribution in [2.75, 3.05) is 0 Å². The number of ether oxygens (including phenoxy) is 1. The van der Waals surface area contributed by atoms with Crippen LogP contribution >= 0.6 is 0 Å². The molecule has 3 rings (SSSR count). The minimum atomic E-state index is -0.484. The molecule has 0 aliphatic carbocycles. The molecule has 0 N–H and O–H groups in total. The number of nitrogens with zero attached hydrogens (tertiary/aromatic N) is 4. The largest absolute Gasteiger partial charge is 0.452 e. The van der Waals surface area contributed by atoms with Crippen molar-refractivity contribution in [1.82, 2.24) is 20.0 Å². The van der Waals surface area contributed by atoms with E-state index in [0.29, 0.717) is 5.89 Å². The van der Waals surface area contributed by atoms with Gasteiger partial charge in [0.25, 0.3) is 5.89 Å². The summed E-state index contributed by atoms with van der Waals surface area (Å²) in [5.41, 5.74) is 3.63. The van der Waals surface area contributed by atoms with Crippen LogP contribution in [-0.4, -0.2) is 25.9 Å². The monoisotopic (exact) mass is 338 g/mol. The van der Waals surface area contributed by atoms with Crippen LogP contribution in [0.25, 0.3) is 11.8 Å². The first-order valence-corrected chi connectivity index (χ1v) is 7.80. The SMILES string of the molecule is Cc1nnc(COC(=O)/C=C/c2c(C)nn(-c3ccccc3)c2C)o1. The van der Waals surface area contributed by atoms with Crippen molar-refractivity contribution in [3.05, 3.63) is 65.1 Å². The number of aromatic nitrogens is 4. The number of benzene rings is 1. The highest BCUT2D eigenvalue weighted by atomic mass is 16.5. The van der Waals surface area contributed by atoms with Crippen LogP contribution in [0.1, 0.15) is 28.7 Å². The Morgan fingerprint density at radius 2 is 1.96 bits per heavy atom. The highest BCUT2D eigenvalue weighted by Crippen LogP contribution is 2.19. The zero-order chi connectivity index (χ0) is 17.8. The summed E-state index contributed by atoms with van der Waals surface area (Å²) in [5, 5.41) is 12.0. The average Bonchev–Trinajstić information content (AvgIpc) is 3.15. The van der Waals surface area contributed by atoms with Gasteiger partial charge in [-0.05, 0) is 32.1 Å². The van der Waals surface area contributed by atoms with E-state index in [1.807, 2.05) is 48.9 Å². The van der Waals surface area contributed by atoms with Crippen LogP contribution in [0, 0.1) is 20.8 Å². The van der Waals surface area contributed by atoms with Crippen LogP contribution in [0.5, 0.6) is 0 Å². The van der Waals surface area contributed by atoms with Gasteiger partial charge in [-0.2, -0.15) is 5.10 Å². The molecular formula is C18H18N4O3. The summed E-state index contributed by atoms with van der Waals surface area (Å²) >= 11 is 0. The molecule has 128 valence electrons. The highest BCUT2D eigenvalue weighted by molar-refractivity contribution is 5.87. The van der Waals surface area contributed by atoms with E-state index < -0.39 is 5.97 Å². The second-order valence-corrected chi connectivity index (χ2v) is 5.49. The number of para-hydroxylation sites is 1. The van der Waals surface area contributed by atoms with Gasteiger partial charge in [-0.3, -0.25) is 0 Å². The lowest BCUT2D eigenvalue weighted by atomic mass is 10.2. The number of hydrogen-bond donors (Lipinski definition) is 0. The third-order valence-electron chi connectivity index (χ3n) is 3.64. The minimum absolute atomic E-state index is 0.0503. The topological polar surface area (TPSA) is 83.0 Å². The van der Waals surface area contributed by atoms with Gasteiger partial charge in [-0.1, -0.05) is 18.2 Å². The number of carbonyl (C=O) groups is 1. The quantitative estimate of drug-likeness (QED) is 0.525. The van der Waals surface area contributed by atoms with Crippen molar-refractivity contribution in [2.45, 2.75) is 27.4 Å². The zero-order valence-electron chi connectivity index (χ0n) is 14.3. The van der Waals surface area contributed by atoms with Crippen LogP contribution in [0.15, 0.2) is 40.8 Å². The first kappa shape index (κ1) is 16.6. The molecule has 0 saturated carbocycles. The van der Waals surface area contributed by atoms with E-state index in [1.165, 1.54) is 6.08 Å². The molecule has 3 aromatic rings. The predicted octanol–water partition coefficient (Wildman–Crippen LogP) is 2.94. The van der Waals surface area contributed by atoms with Gasteiger partial charge in [-0.25, -0.2) is 9.48 Å². The Morgan fingerprint density at radius 3 is 2.64 bits per heavy atom. The van der Waals surface area contributed by atoms with Gasteiger partial charge in [0.1, 0.15) is 0 Å². The van der Waals surface area contributed by atoms with Crippen LogP contribution in [0.2, 0.25) is 0 Å². The second kappa shape index (κ2) is 7.12. The molecule has 0 saturated heterocycles. The predicted molar refractivity (Wildman–Crippen MR) is 90.9 cm³/mol. The Morgan fingerprint density at radius 1 is 1.20 bits per heavy atom. The number of hydrogen-bond acceptors (Lipinski definition) is 6. The van der Waals surface area contributed by atoms with Crippen molar-refractivity contribution in [2.24, 2.45) is 0 Å². The normalized spacial score (nSPS) is 11.2. The summed E-state index contributed by atoms with van der Waals surface area (Å²) in [6, 6.07) is 9.83. The lowest BCUT2D eigenvalue weighted by Crippen LogP contribution is -2.01. The molecule has 0 bridgehead atoms. The Hall–Kier alpha value is -3.22. The average molecular weight is 338 g/mol. The van der Waals surface area contributed by atoms with Gasteiger partial charge in [0, 0.05) is 24.3 Å². The summed E-state index contributed by atoms with van der Waals surface area (Å²) < 4.78 is 12.1. The first-order valence-electron chi connectivity index (χ1n) is 7.80. The Balaban J connectivity index is 1.71. The highest BCUT2D eigenvalue weighted by Gasteiger charge is 2.11. The standard InChI is InChI=1S/C18H18N4O3/c1-12-16(13(2)22(21-12)15-7-5-4-6-8-15)9-10-18(23)24-11-17-20-19-14(3)25-17/h4-10H,11H2,1-3H3/b10-9+. The first-order chi connectivity index (χ1) is 12.0. The maximum absolute atomic E-state index is 11.9. The van der Waals surface area contributed by atoms with Gasteiger partial charge >= 0.3 is 5.97 Å². The Kier molecular flexibility index (Phi) is 4.74. The summed E-state index contributed by atoms with van der Waals surface area (Å²) in [4.78, 5) is 11.9. The molecule has 2 aromatic heterocycles. The molecule has 1 aromatic carbocycles.